The van der Waals surface area contributed by atoms with Crippen LogP contribution in [-0.2, 0) is 20.7 Å². The fourth-order valence-corrected chi connectivity index (χ4v) is 5.38. The molecule has 1 atom stereocenters. The first kappa shape index (κ1) is 19.5. The topological polar surface area (TPSA) is 67.2 Å². The number of rotatable bonds is 4. The second kappa shape index (κ2) is 7.69. The number of hydrogen-bond donors (Lipinski definition) is 0. The summed E-state index contributed by atoms with van der Waals surface area (Å²) in [5.41, 5.74) is 2.52. The number of imidazole rings is 1. The minimum Gasteiger partial charge on any atom is -0.461 e. The van der Waals surface area contributed by atoms with Gasteiger partial charge in [-0.1, -0.05) is 6.07 Å². The Morgan fingerprint density at radius 3 is 2.77 bits per heavy atom. The molecule has 0 N–H and O–H groups in total. The number of ether oxygens (including phenoxy) is 1. The number of fused-ring (bicyclic) bond motifs is 1. The van der Waals surface area contributed by atoms with Crippen molar-refractivity contribution in [2.24, 2.45) is 5.41 Å². The van der Waals surface area contributed by atoms with Crippen LogP contribution in [0.1, 0.15) is 43.4 Å². The molecule has 2 aromatic heterocycles. The smallest absolute Gasteiger partial charge is 0.312 e. The average Bonchev–Trinajstić information content (AvgIpc) is 3.45. The Balaban J connectivity index is 1.19. The highest BCUT2D eigenvalue weighted by atomic mass is 16.6. The van der Waals surface area contributed by atoms with E-state index >= 15 is 0 Å². The van der Waals surface area contributed by atoms with E-state index in [0.717, 1.165) is 43.0 Å². The first-order valence-corrected chi connectivity index (χ1v) is 11.2. The van der Waals surface area contributed by atoms with Crippen LogP contribution < -0.4 is 0 Å². The number of likely N-dealkylation sites (tertiary alicyclic amines) is 2. The maximum Gasteiger partial charge on any atom is 0.312 e. The van der Waals surface area contributed by atoms with E-state index in [0.29, 0.717) is 32.4 Å². The third-order valence-corrected chi connectivity index (χ3v) is 7.20. The second-order valence-electron chi connectivity index (χ2n) is 9.21. The van der Waals surface area contributed by atoms with Gasteiger partial charge in [0.1, 0.15) is 11.8 Å². The van der Waals surface area contributed by atoms with Gasteiger partial charge in [-0.2, -0.15) is 0 Å². The van der Waals surface area contributed by atoms with E-state index in [-0.39, 0.29) is 23.4 Å². The third-order valence-electron chi connectivity index (χ3n) is 7.20. The number of pyridine rings is 1. The van der Waals surface area contributed by atoms with Gasteiger partial charge in [-0.25, -0.2) is 4.98 Å². The molecule has 0 aromatic carbocycles. The first-order valence-electron chi connectivity index (χ1n) is 11.2. The number of hydrogen-bond acceptors (Lipinski definition) is 5. The Bertz CT molecular complexity index is 955. The van der Waals surface area contributed by atoms with Gasteiger partial charge in [0.05, 0.1) is 17.5 Å². The second-order valence-corrected chi connectivity index (χ2v) is 9.21. The molecule has 5 rings (SSSR count). The fraction of sp³-hybridized carbons (Fsp3) is 0.609. The van der Waals surface area contributed by atoms with Gasteiger partial charge in [-0.05, 0) is 57.3 Å². The van der Waals surface area contributed by atoms with Gasteiger partial charge in [0.25, 0.3) is 0 Å². The normalized spacial score (nSPS) is 24.1. The van der Waals surface area contributed by atoms with Gasteiger partial charge in [0.2, 0.25) is 5.91 Å². The monoisotopic (exact) mass is 410 g/mol. The summed E-state index contributed by atoms with van der Waals surface area (Å²) < 4.78 is 7.76. The minimum absolute atomic E-state index is 0.0132. The predicted molar refractivity (Wildman–Crippen MR) is 112 cm³/mol. The Kier molecular flexibility index (Phi) is 5.01. The number of nitrogens with zero attached hydrogens (tertiary/aromatic N) is 4. The summed E-state index contributed by atoms with van der Waals surface area (Å²) >= 11 is 0. The van der Waals surface area contributed by atoms with Crippen molar-refractivity contribution in [1.82, 2.24) is 19.2 Å². The van der Waals surface area contributed by atoms with E-state index in [2.05, 4.69) is 9.88 Å². The molecular formula is C23H30N4O3. The number of carbonyl (C=O) groups is 2. The van der Waals surface area contributed by atoms with Crippen LogP contribution in [0.25, 0.3) is 5.65 Å². The van der Waals surface area contributed by atoms with Crippen molar-refractivity contribution in [2.75, 3.05) is 32.7 Å². The van der Waals surface area contributed by atoms with Gasteiger partial charge >= 0.3 is 5.97 Å². The highest BCUT2D eigenvalue weighted by Gasteiger charge is 2.51. The van der Waals surface area contributed by atoms with Gasteiger partial charge in [-0.15, -0.1) is 0 Å². The fourth-order valence-electron chi connectivity index (χ4n) is 5.38. The number of cyclic esters (lactones) is 1. The predicted octanol–water partition coefficient (Wildman–Crippen LogP) is 2.21. The third kappa shape index (κ3) is 3.49. The van der Waals surface area contributed by atoms with Crippen molar-refractivity contribution in [3.63, 3.8) is 0 Å². The lowest BCUT2D eigenvalue weighted by Gasteiger charge is -2.36. The van der Waals surface area contributed by atoms with Crippen LogP contribution in [0, 0.1) is 12.3 Å². The van der Waals surface area contributed by atoms with Gasteiger partial charge in [-0.3, -0.25) is 14.5 Å². The van der Waals surface area contributed by atoms with E-state index in [1.54, 1.807) is 6.20 Å². The summed E-state index contributed by atoms with van der Waals surface area (Å²) in [5, 5.41) is 0. The van der Waals surface area contributed by atoms with Gasteiger partial charge in [0.15, 0.2) is 0 Å². The summed E-state index contributed by atoms with van der Waals surface area (Å²) in [6.45, 7) is 6.37. The van der Waals surface area contributed by atoms with E-state index in [1.807, 2.05) is 34.6 Å². The first-order chi connectivity index (χ1) is 14.5. The minimum atomic E-state index is -0.387. The zero-order valence-electron chi connectivity index (χ0n) is 17.7. The van der Waals surface area contributed by atoms with Gasteiger partial charge < -0.3 is 14.0 Å². The Morgan fingerprint density at radius 1 is 1.23 bits per heavy atom. The average molecular weight is 411 g/mol. The molecule has 5 heterocycles. The molecule has 7 heteroatoms. The molecule has 3 fully saturated rings. The van der Waals surface area contributed by atoms with E-state index < -0.39 is 0 Å². The van der Waals surface area contributed by atoms with E-state index in [9.17, 15) is 9.59 Å². The highest BCUT2D eigenvalue weighted by molar-refractivity contribution is 5.81. The molecule has 0 aliphatic carbocycles. The molecule has 7 nitrogen and oxygen atoms in total. The lowest BCUT2D eigenvalue weighted by Crippen LogP contribution is -2.45. The van der Waals surface area contributed by atoms with Crippen LogP contribution >= 0.6 is 0 Å². The molecule has 0 bridgehead atoms. The SMILES string of the molecule is Cc1cccn2c(CC(=O)N3CCC4(CC3)CC(CN3CCCC3)OC4=O)cnc12. The summed E-state index contributed by atoms with van der Waals surface area (Å²) in [7, 11) is 0. The molecule has 1 unspecified atom stereocenters. The number of aryl methyl sites for hydroxylation is 1. The summed E-state index contributed by atoms with van der Waals surface area (Å²) in [6, 6.07) is 4.00. The molecule has 3 saturated heterocycles. The summed E-state index contributed by atoms with van der Waals surface area (Å²) in [4.78, 5) is 34.4. The Labute approximate surface area is 177 Å². The molecule has 1 amide bonds. The molecule has 30 heavy (non-hydrogen) atoms. The van der Waals surface area contributed by atoms with Crippen molar-refractivity contribution in [2.45, 2.75) is 51.6 Å². The number of carbonyl (C=O) groups excluding carboxylic acids is 2. The zero-order valence-corrected chi connectivity index (χ0v) is 17.7. The van der Waals surface area contributed by atoms with Crippen LogP contribution in [0.4, 0.5) is 0 Å². The van der Waals surface area contributed by atoms with Crippen molar-refractivity contribution in [1.29, 1.82) is 0 Å². The maximum atomic E-state index is 12.9. The molecular weight excluding hydrogens is 380 g/mol. The zero-order chi connectivity index (χ0) is 20.7. The van der Waals surface area contributed by atoms with Crippen LogP contribution in [0.15, 0.2) is 24.5 Å². The lowest BCUT2D eigenvalue weighted by atomic mass is 9.76. The van der Waals surface area contributed by atoms with Crippen molar-refractivity contribution < 1.29 is 14.3 Å². The lowest BCUT2D eigenvalue weighted by molar-refractivity contribution is -0.152. The van der Waals surface area contributed by atoms with Gasteiger partial charge in [0, 0.05) is 38.4 Å². The number of esters is 1. The summed E-state index contributed by atoms with van der Waals surface area (Å²) in [6.07, 6.45) is 8.81. The van der Waals surface area contributed by atoms with Crippen LogP contribution in [0.3, 0.4) is 0 Å². The molecule has 0 saturated carbocycles. The number of amides is 1. The molecule has 160 valence electrons. The van der Waals surface area contributed by atoms with Crippen LogP contribution in [-0.4, -0.2) is 69.9 Å². The highest BCUT2D eigenvalue weighted by Crippen LogP contribution is 2.43. The molecule has 1 spiro atoms. The van der Waals surface area contributed by atoms with Crippen molar-refractivity contribution in [3.8, 4) is 0 Å². The Hall–Kier alpha value is -2.41. The largest absolute Gasteiger partial charge is 0.461 e. The Morgan fingerprint density at radius 2 is 2.00 bits per heavy atom. The number of aromatic nitrogens is 2. The molecule has 0 radical (unpaired) electrons. The molecule has 2 aromatic rings. The summed E-state index contributed by atoms with van der Waals surface area (Å²) in [5.74, 6) is 0.0594. The van der Waals surface area contributed by atoms with E-state index in [1.165, 1.54) is 12.8 Å². The maximum absolute atomic E-state index is 12.9. The standard InChI is InChI=1S/C23H30N4O3/c1-17-5-4-10-27-18(15-24-21(17)27)13-20(28)26-11-6-23(7-12-26)14-19(30-22(23)29)16-25-8-2-3-9-25/h4-5,10,15,19H,2-3,6-9,11-14,16H2,1H3. The van der Waals surface area contributed by atoms with Crippen molar-refractivity contribution in [3.05, 3.63) is 35.8 Å². The number of piperidine rings is 1. The molecule has 3 aliphatic rings. The van der Waals surface area contributed by atoms with E-state index in [4.69, 9.17) is 4.74 Å². The quantitative estimate of drug-likeness (QED) is 0.723. The molecule has 3 aliphatic heterocycles. The van der Waals surface area contributed by atoms with Crippen LogP contribution in [0.5, 0.6) is 0 Å². The van der Waals surface area contributed by atoms with Crippen molar-refractivity contribution >= 4 is 17.5 Å². The van der Waals surface area contributed by atoms with Crippen LogP contribution in [0.2, 0.25) is 0 Å².